The highest BCUT2D eigenvalue weighted by atomic mass is 35.5. The SMILES string of the molecule is Cc1ccc([C@@H](O)CCl)nc1. The highest BCUT2D eigenvalue weighted by Gasteiger charge is 2.05. The van der Waals surface area contributed by atoms with Crippen molar-refractivity contribution in [3.63, 3.8) is 0 Å². The standard InChI is InChI=1S/C8H10ClNO/c1-6-2-3-7(10-5-6)8(11)4-9/h2-3,5,8,11H,4H2,1H3/t8-/m0/s1. The molecule has 0 aromatic carbocycles. The first kappa shape index (κ1) is 8.50. The van der Waals surface area contributed by atoms with Crippen molar-refractivity contribution in [2.45, 2.75) is 13.0 Å². The van der Waals surface area contributed by atoms with Crippen LogP contribution in [0.3, 0.4) is 0 Å². The highest BCUT2D eigenvalue weighted by Crippen LogP contribution is 2.10. The van der Waals surface area contributed by atoms with E-state index in [1.165, 1.54) is 0 Å². The molecule has 1 aromatic heterocycles. The Balaban J connectivity index is 2.81. The molecule has 2 nitrogen and oxygen atoms in total. The second kappa shape index (κ2) is 3.69. The molecule has 1 rings (SSSR count). The number of pyridine rings is 1. The number of hydrogen-bond acceptors (Lipinski definition) is 2. The molecule has 0 saturated carbocycles. The van der Waals surface area contributed by atoms with E-state index in [0.717, 1.165) is 5.56 Å². The second-order valence-corrected chi connectivity index (χ2v) is 2.74. The van der Waals surface area contributed by atoms with E-state index in [2.05, 4.69) is 4.98 Å². The zero-order chi connectivity index (χ0) is 8.27. The van der Waals surface area contributed by atoms with Gasteiger partial charge in [0, 0.05) is 6.20 Å². The van der Waals surface area contributed by atoms with Gasteiger partial charge in [0.05, 0.1) is 11.6 Å². The molecule has 0 aliphatic heterocycles. The molecular weight excluding hydrogens is 162 g/mol. The summed E-state index contributed by atoms with van der Waals surface area (Å²) in [7, 11) is 0. The van der Waals surface area contributed by atoms with Crippen LogP contribution in [0.1, 0.15) is 17.4 Å². The number of halogens is 1. The normalized spacial score (nSPS) is 13.0. The van der Waals surface area contributed by atoms with Gasteiger partial charge in [-0.3, -0.25) is 4.98 Å². The van der Waals surface area contributed by atoms with Crippen molar-refractivity contribution in [1.29, 1.82) is 0 Å². The maximum Gasteiger partial charge on any atom is 0.109 e. The van der Waals surface area contributed by atoms with Gasteiger partial charge in [0.1, 0.15) is 6.10 Å². The average molecular weight is 172 g/mol. The minimum atomic E-state index is -0.641. The minimum Gasteiger partial charge on any atom is -0.386 e. The summed E-state index contributed by atoms with van der Waals surface area (Å²) in [6, 6.07) is 3.68. The lowest BCUT2D eigenvalue weighted by atomic mass is 10.2. The first-order valence-corrected chi connectivity index (χ1v) is 3.94. The van der Waals surface area contributed by atoms with Gasteiger partial charge in [0.25, 0.3) is 0 Å². The number of aryl methyl sites for hydroxylation is 1. The van der Waals surface area contributed by atoms with Crippen molar-refractivity contribution in [3.05, 3.63) is 29.6 Å². The summed E-state index contributed by atoms with van der Waals surface area (Å²) in [6.07, 6.45) is 1.07. The van der Waals surface area contributed by atoms with Crippen LogP contribution in [0.4, 0.5) is 0 Å². The van der Waals surface area contributed by atoms with Crippen LogP contribution in [0.25, 0.3) is 0 Å². The summed E-state index contributed by atoms with van der Waals surface area (Å²) < 4.78 is 0. The smallest absolute Gasteiger partial charge is 0.109 e. The quantitative estimate of drug-likeness (QED) is 0.687. The number of hydrogen-bond donors (Lipinski definition) is 1. The molecule has 1 heterocycles. The molecular formula is C8H10ClNO. The van der Waals surface area contributed by atoms with E-state index in [1.54, 1.807) is 12.3 Å². The molecule has 1 atom stereocenters. The predicted octanol–water partition coefficient (Wildman–Crippen LogP) is 1.66. The Hall–Kier alpha value is -0.600. The summed E-state index contributed by atoms with van der Waals surface area (Å²) in [5.41, 5.74) is 1.71. The molecule has 60 valence electrons. The van der Waals surface area contributed by atoms with Crippen molar-refractivity contribution in [3.8, 4) is 0 Å². The van der Waals surface area contributed by atoms with Gasteiger partial charge in [0.15, 0.2) is 0 Å². The molecule has 1 aromatic rings. The van der Waals surface area contributed by atoms with Crippen LogP contribution in [0.15, 0.2) is 18.3 Å². The fourth-order valence-corrected chi connectivity index (χ4v) is 0.913. The van der Waals surface area contributed by atoms with Gasteiger partial charge in [-0.1, -0.05) is 6.07 Å². The molecule has 0 aliphatic carbocycles. The van der Waals surface area contributed by atoms with Gasteiger partial charge in [-0.2, -0.15) is 0 Å². The van der Waals surface area contributed by atoms with Crippen LogP contribution < -0.4 is 0 Å². The Morgan fingerprint density at radius 1 is 1.64 bits per heavy atom. The number of rotatable bonds is 2. The molecule has 0 amide bonds. The predicted molar refractivity (Wildman–Crippen MR) is 44.7 cm³/mol. The van der Waals surface area contributed by atoms with Crippen molar-refractivity contribution >= 4 is 11.6 Å². The van der Waals surface area contributed by atoms with Crippen molar-refractivity contribution in [1.82, 2.24) is 4.98 Å². The summed E-state index contributed by atoms with van der Waals surface area (Å²) in [6.45, 7) is 1.95. The van der Waals surface area contributed by atoms with E-state index in [-0.39, 0.29) is 5.88 Å². The Morgan fingerprint density at radius 3 is 2.82 bits per heavy atom. The topological polar surface area (TPSA) is 33.1 Å². The Bertz CT molecular complexity index is 222. The van der Waals surface area contributed by atoms with Gasteiger partial charge in [-0.25, -0.2) is 0 Å². The van der Waals surface area contributed by atoms with E-state index < -0.39 is 6.10 Å². The van der Waals surface area contributed by atoms with E-state index in [4.69, 9.17) is 11.6 Å². The van der Waals surface area contributed by atoms with Gasteiger partial charge >= 0.3 is 0 Å². The average Bonchev–Trinajstić information content (AvgIpc) is 2.05. The molecule has 0 spiro atoms. The monoisotopic (exact) mass is 171 g/mol. The third-order valence-electron chi connectivity index (χ3n) is 1.42. The third-order valence-corrected chi connectivity index (χ3v) is 1.71. The van der Waals surface area contributed by atoms with Crippen molar-refractivity contribution in [2.75, 3.05) is 5.88 Å². The van der Waals surface area contributed by atoms with Crippen molar-refractivity contribution < 1.29 is 5.11 Å². The zero-order valence-corrected chi connectivity index (χ0v) is 7.04. The second-order valence-electron chi connectivity index (χ2n) is 2.43. The Labute approximate surface area is 70.8 Å². The van der Waals surface area contributed by atoms with E-state index in [1.807, 2.05) is 13.0 Å². The number of alkyl halides is 1. The van der Waals surface area contributed by atoms with Gasteiger partial charge < -0.3 is 5.11 Å². The molecule has 3 heteroatoms. The largest absolute Gasteiger partial charge is 0.386 e. The highest BCUT2D eigenvalue weighted by molar-refractivity contribution is 6.18. The molecule has 0 bridgehead atoms. The number of aromatic nitrogens is 1. The molecule has 0 radical (unpaired) electrons. The third kappa shape index (κ3) is 2.17. The van der Waals surface area contributed by atoms with E-state index in [9.17, 15) is 5.11 Å². The lowest BCUT2D eigenvalue weighted by Crippen LogP contribution is -2.00. The molecule has 1 N–H and O–H groups in total. The van der Waals surface area contributed by atoms with E-state index in [0.29, 0.717) is 5.69 Å². The number of aliphatic hydroxyl groups excluding tert-OH is 1. The van der Waals surface area contributed by atoms with Crippen LogP contribution in [0, 0.1) is 6.92 Å². The minimum absolute atomic E-state index is 0.191. The van der Waals surface area contributed by atoms with Crippen molar-refractivity contribution in [2.24, 2.45) is 0 Å². The summed E-state index contributed by atoms with van der Waals surface area (Å²) in [4.78, 5) is 4.01. The summed E-state index contributed by atoms with van der Waals surface area (Å²) in [5, 5.41) is 9.23. The molecule has 0 saturated heterocycles. The lowest BCUT2D eigenvalue weighted by molar-refractivity contribution is 0.197. The first-order chi connectivity index (χ1) is 5.24. The molecule has 0 fully saturated rings. The van der Waals surface area contributed by atoms with Gasteiger partial charge in [-0.15, -0.1) is 11.6 Å². The zero-order valence-electron chi connectivity index (χ0n) is 6.29. The number of aliphatic hydroxyl groups is 1. The lowest BCUT2D eigenvalue weighted by Gasteiger charge is -2.04. The van der Waals surface area contributed by atoms with Crippen LogP contribution in [0.2, 0.25) is 0 Å². The van der Waals surface area contributed by atoms with Gasteiger partial charge in [0.2, 0.25) is 0 Å². The summed E-state index contributed by atoms with van der Waals surface area (Å²) >= 11 is 5.44. The van der Waals surface area contributed by atoms with Gasteiger partial charge in [-0.05, 0) is 18.6 Å². The van der Waals surface area contributed by atoms with Crippen LogP contribution >= 0.6 is 11.6 Å². The number of nitrogens with zero attached hydrogens (tertiary/aromatic N) is 1. The van der Waals surface area contributed by atoms with Crippen LogP contribution in [-0.2, 0) is 0 Å². The summed E-state index contributed by atoms with van der Waals surface area (Å²) in [5.74, 6) is 0.191. The van der Waals surface area contributed by atoms with Crippen LogP contribution in [-0.4, -0.2) is 16.0 Å². The molecule has 0 unspecified atom stereocenters. The van der Waals surface area contributed by atoms with Crippen LogP contribution in [0.5, 0.6) is 0 Å². The van der Waals surface area contributed by atoms with E-state index >= 15 is 0 Å². The maximum absolute atomic E-state index is 9.23. The first-order valence-electron chi connectivity index (χ1n) is 3.40. The molecule has 11 heavy (non-hydrogen) atoms. The fourth-order valence-electron chi connectivity index (χ4n) is 0.755. The molecule has 0 aliphatic rings. The maximum atomic E-state index is 9.23. The fraction of sp³-hybridized carbons (Fsp3) is 0.375. The Morgan fingerprint density at radius 2 is 2.36 bits per heavy atom. The Kier molecular flexibility index (Phi) is 2.85.